The molecule has 0 aliphatic heterocycles. The van der Waals surface area contributed by atoms with Crippen LogP contribution in [0, 0.1) is 22.8 Å². The van der Waals surface area contributed by atoms with Crippen molar-refractivity contribution in [2.75, 3.05) is 0 Å². The van der Waals surface area contributed by atoms with Gasteiger partial charge in [0.2, 0.25) is 0 Å². The Morgan fingerprint density at radius 1 is 0.724 bits per heavy atom. The van der Waals surface area contributed by atoms with E-state index in [0.717, 1.165) is 51.4 Å². The average molecular weight is 421 g/mol. The van der Waals surface area contributed by atoms with Crippen molar-refractivity contribution in [3.63, 3.8) is 0 Å². The van der Waals surface area contributed by atoms with Crippen LogP contribution in [0.25, 0.3) is 0 Å². The van der Waals surface area contributed by atoms with E-state index in [-0.39, 0.29) is 11.3 Å². The van der Waals surface area contributed by atoms with E-state index in [1.54, 1.807) is 0 Å². The first-order valence-electron chi connectivity index (χ1n) is 13.0. The molecule has 0 amide bonds. The monoisotopic (exact) mass is 420 g/mol. The minimum Gasteiger partial charge on any atom is -0.298 e. The van der Waals surface area contributed by atoms with Gasteiger partial charge in [0.15, 0.2) is 5.78 Å². The molecule has 0 aromatic heterocycles. The summed E-state index contributed by atoms with van der Waals surface area (Å²) in [5, 5.41) is 0. The summed E-state index contributed by atoms with van der Waals surface area (Å²) in [6, 6.07) is 3.65. The lowest BCUT2D eigenvalue weighted by Gasteiger charge is -2.33. The number of carbonyl (C=O) groups is 1. The molecule has 0 atom stereocenters. The maximum absolute atomic E-state index is 14.1. The summed E-state index contributed by atoms with van der Waals surface area (Å²) in [4.78, 5) is 14.1. The zero-order chi connectivity index (χ0) is 22.2. The Kier molecular flexibility index (Phi) is 15.9. The van der Waals surface area contributed by atoms with Crippen LogP contribution in [0.15, 0.2) is 0 Å². The SMILES string of the molecule is CCCCC(CCCC)C(=O)C(C#C[Si](CC)(CC)CC)(CCCC)CCCC. The maximum atomic E-state index is 14.1. The minimum atomic E-state index is -1.55. The molecule has 29 heavy (non-hydrogen) atoms. The predicted molar refractivity (Wildman–Crippen MR) is 134 cm³/mol. The van der Waals surface area contributed by atoms with Gasteiger partial charge in [0.1, 0.15) is 8.07 Å². The first-order chi connectivity index (χ1) is 13.9. The third-order valence-corrected chi connectivity index (χ3v) is 11.9. The molecule has 0 radical (unpaired) electrons. The average Bonchev–Trinajstić information content (AvgIpc) is 2.76. The van der Waals surface area contributed by atoms with Crippen LogP contribution in [0.1, 0.15) is 126 Å². The number of unbranched alkanes of at least 4 members (excludes halogenated alkanes) is 4. The Morgan fingerprint density at radius 3 is 1.48 bits per heavy atom. The van der Waals surface area contributed by atoms with Crippen LogP contribution in [-0.4, -0.2) is 13.9 Å². The first-order valence-corrected chi connectivity index (χ1v) is 15.6. The number of hydrogen-bond donors (Lipinski definition) is 0. The first kappa shape index (κ1) is 28.4. The van der Waals surface area contributed by atoms with Gasteiger partial charge in [-0.05, 0) is 43.8 Å². The number of rotatable bonds is 17. The van der Waals surface area contributed by atoms with E-state index >= 15 is 0 Å². The second-order valence-electron chi connectivity index (χ2n) is 9.23. The zero-order valence-corrected chi connectivity index (χ0v) is 22.1. The van der Waals surface area contributed by atoms with Crippen LogP contribution in [0.4, 0.5) is 0 Å². The van der Waals surface area contributed by atoms with E-state index in [1.165, 1.54) is 43.8 Å². The van der Waals surface area contributed by atoms with Gasteiger partial charge in [0.25, 0.3) is 0 Å². The number of ketones is 1. The van der Waals surface area contributed by atoms with Crippen LogP contribution in [0.3, 0.4) is 0 Å². The van der Waals surface area contributed by atoms with E-state index in [9.17, 15) is 4.79 Å². The third kappa shape index (κ3) is 9.42. The Hall–Kier alpha value is -0.553. The molecule has 0 N–H and O–H groups in total. The molecule has 1 nitrogen and oxygen atoms in total. The highest BCUT2D eigenvalue weighted by Gasteiger charge is 2.39. The van der Waals surface area contributed by atoms with Crippen molar-refractivity contribution >= 4 is 13.9 Å². The van der Waals surface area contributed by atoms with Gasteiger partial charge >= 0.3 is 0 Å². The van der Waals surface area contributed by atoms with Crippen molar-refractivity contribution in [1.29, 1.82) is 0 Å². The maximum Gasteiger partial charge on any atom is 0.153 e. The van der Waals surface area contributed by atoms with Crippen molar-refractivity contribution in [1.82, 2.24) is 0 Å². The Morgan fingerprint density at radius 2 is 1.14 bits per heavy atom. The smallest absolute Gasteiger partial charge is 0.153 e. The molecular weight excluding hydrogens is 368 g/mol. The standard InChI is InChI=1S/C27H52OSi/c1-8-15-19-25(20-16-9-2)26(28)27(21-17-10-3,22-18-11-4)23-24-29(12-5,13-6)14-7/h25H,8-22H2,1-7H3. The van der Waals surface area contributed by atoms with Gasteiger partial charge in [-0.25, -0.2) is 0 Å². The quantitative estimate of drug-likeness (QED) is 0.169. The fourth-order valence-electron chi connectivity index (χ4n) is 4.48. The molecule has 0 bridgehead atoms. The van der Waals surface area contributed by atoms with Crippen molar-refractivity contribution < 1.29 is 4.79 Å². The summed E-state index contributed by atoms with van der Waals surface area (Å²) in [5.74, 6) is 4.53. The Balaban J connectivity index is 6.15. The molecule has 0 unspecified atom stereocenters. The van der Waals surface area contributed by atoms with E-state index in [2.05, 4.69) is 59.9 Å². The Labute approximate surface area is 185 Å². The number of hydrogen-bond acceptors (Lipinski definition) is 1. The molecule has 0 aromatic carbocycles. The highest BCUT2D eigenvalue weighted by molar-refractivity contribution is 6.87. The fourth-order valence-corrected chi connectivity index (χ4v) is 7.02. The lowest BCUT2D eigenvalue weighted by Crippen LogP contribution is -2.37. The van der Waals surface area contributed by atoms with E-state index < -0.39 is 8.07 Å². The van der Waals surface area contributed by atoms with Gasteiger partial charge in [-0.3, -0.25) is 4.79 Å². The van der Waals surface area contributed by atoms with Crippen LogP contribution >= 0.6 is 0 Å². The van der Waals surface area contributed by atoms with Crippen molar-refractivity contribution in [2.45, 2.75) is 144 Å². The zero-order valence-electron chi connectivity index (χ0n) is 21.1. The van der Waals surface area contributed by atoms with Gasteiger partial charge in [-0.2, -0.15) is 0 Å². The van der Waals surface area contributed by atoms with Crippen molar-refractivity contribution in [2.24, 2.45) is 11.3 Å². The molecule has 0 aliphatic rings. The summed E-state index contributed by atoms with van der Waals surface area (Å²) < 4.78 is 0. The molecule has 0 fully saturated rings. The Bertz CT molecular complexity index is 456. The molecule has 0 spiro atoms. The number of carbonyl (C=O) groups excluding carboxylic acids is 1. The molecular formula is C27H52OSi. The molecule has 0 rings (SSSR count). The van der Waals surface area contributed by atoms with Crippen molar-refractivity contribution in [3.05, 3.63) is 0 Å². The highest BCUT2D eigenvalue weighted by atomic mass is 28.3. The molecule has 0 saturated heterocycles. The summed E-state index contributed by atoms with van der Waals surface area (Å²) in [7, 11) is -1.55. The van der Waals surface area contributed by atoms with Gasteiger partial charge in [-0.1, -0.05) is 106 Å². The van der Waals surface area contributed by atoms with Crippen LogP contribution in [0.2, 0.25) is 18.1 Å². The van der Waals surface area contributed by atoms with E-state index in [1.807, 2.05) is 0 Å². The molecule has 0 heterocycles. The third-order valence-electron chi connectivity index (χ3n) is 7.17. The van der Waals surface area contributed by atoms with Gasteiger partial charge in [0.05, 0.1) is 5.41 Å². The van der Waals surface area contributed by atoms with Crippen LogP contribution < -0.4 is 0 Å². The highest BCUT2D eigenvalue weighted by Crippen LogP contribution is 2.38. The number of Topliss-reactive ketones (excluding diaryl/α,β-unsaturated/α-hetero) is 1. The second kappa shape index (κ2) is 16.2. The summed E-state index contributed by atoms with van der Waals surface area (Å²) in [6.07, 6.45) is 13.3. The van der Waals surface area contributed by atoms with E-state index in [0.29, 0.717) is 5.78 Å². The van der Waals surface area contributed by atoms with Crippen molar-refractivity contribution in [3.8, 4) is 11.5 Å². The largest absolute Gasteiger partial charge is 0.298 e. The summed E-state index contributed by atoms with van der Waals surface area (Å²) in [6.45, 7) is 15.9. The summed E-state index contributed by atoms with van der Waals surface area (Å²) in [5.41, 5.74) is 3.48. The van der Waals surface area contributed by atoms with Gasteiger partial charge in [0, 0.05) is 5.92 Å². The molecule has 2 heteroatoms. The minimum absolute atomic E-state index is 0.221. The topological polar surface area (TPSA) is 17.1 Å². The second-order valence-corrected chi connectivity index (χ2v) is 14.2. The molecule has 170 valence electrons. The van der Waals surface area contributed by atoms with Gasteiger partial charge < -0.3 is 0 Å². The molecule has 0 aromatic rings. The normalized spacial score (nSPS) is 12.1. The molecule has 0 saturated carbocycles. The van der Waals surface area contributed by atoms with Crippen LogP contribution in [0.5, 0.6) is 0 Å². The fraction of sp³-hybridized carbons (Fsp3) is 0.889. The predicted octanol–water partition coefficient (Wildman–Crippen LogP) is 8.97. The molecule has 0 aliphatic carbocycles. The lowest BCUT2D eigenvalue weighted by molar-refractivity contribution is -0.131. The van der Waals surface area contributed by atoms with Gasteiger partial charge in [-0.15, -0.1) is 5.54 Å². The summed E-state index contributed by atoms with van der Waals surface area (Å²) >= 11 is 0. The van der Waals surface area contributed by atoms with E-state index in [4.69, 9.17) is 0 Å². The van der Waals surface area contributed by atoms with Crippen LogP contribution in [-0.2, 0) is 4.79 Å². The lowest BCUT2D eigenvalue weighted by atomic mass is 9.69.